The van der Waals surface area contributed by atoms with Gasteiger partial charge in [0.2, 0.25) is 0 Å². The lowest BCUT2D eigenvalue weighted by Crippen LogP contribution is -2.41. The van der Waals surface area contributed by atoms with Crippen molar-refractivity contribution in [1.29, 1.82) is 0 Å². The normalized spacial score (nSPS) is 16.4. The maximum absolute atomic E-state index is 12.1. The highest BCUT2D eigenvalue weighted by Crippen LogP contribution is 2.25. The van der Waals surface area contributed by atoms with E-state index in [4.69, 9.17) is 5.11 Å². The number of carboxylic acids is 1. The summed E-state index contributed by atoms with van der Waals surface area (Å²) >= 11 is 1.24. The van der Waals surface area contributed by atoms with Crippen molar-refractivity contribution in [3.05, 3.63) is 17.0 Å². The summed E-state index contributed by atoms with van der Waals surface area (Å²) in [6.07, 6.45) is 3.21. The summed E-state index contributed by atoms with van der Waals surface area (Å²) < 4.78 is 0. The van der Waals surface area contributed by atoms with Gasteiger partial charge in [-0.2, -0.15) is 0 Å². The maximum atomic E-state index is 12.1. The van der Waals surface area contributed by atoms with Gasteiger partial charge in [0.15, 0.2) is 0 Å². The number of likely N-dealkylation sites (tertiary alicyclic amines) is 1. The van der Waals surface area contributed by atoms with Gasteiger partial charge in [0.05, 0.1) is 5.56 Å². The molecule has 0 spiro atoms. The van der Waals surface area contributed by atoms with Crippen LogP contribution in [-0.4, -0.2) is 35.1 Å². The standard InChI is InChI=1S/C13H18N2O3S/c1-2-9-3-6-15(7-4-9)13(18)14-11-10(12(16)17)5-8-19-11/h5,8-9H,2-4,6-7H2,1H3,(H,14,18)(H,16,17). The molecule has 104 valence electrons. The fraction of sp³-hybridized carbons (Fsp3) is 0.538. The second kappa shape index (κ2) is 6.06. The minimum absolute atomic E-state index is 0.154. The highest BCUT2D eigenvalue weighted by atomic mass is 32.1. The van der Waals surface area contributed by atoms with Crippen LogP contribution in [0.25, 0.3) is 0 Å². The Morgan fingerprint density at radius 1 is 1.47 bits per heavy atom. The first-order valence-corrected chi connectivity index (χ1v) is 7.36. The summed E-state index contributed by atoms with van der Waals surface area (Å²) in [4.78, 5) is 24.8. The molecular formula is C13H18N2O3S. The number of aromatic carboxylic acids is 1. The van der Waals surface area contributed by atoms with E-state index in [1.165, 1.54) is 17.4 Å². The molecule has 1 saturated heterocycles. The number of urea groups is 1. The number of piperidine rings is 1. The van der Waals surface area contributed by atoms with Crippen molar-refractivity contribution in [2.24, 2.45) is 5.92 Å². The first kappa shape index (κ1) is 13.9. The SMILES string of the molecule is CCC1CCN(C(=O)Nc2sccc2C(=O)O)CC1. The topological polar surface area (TPSA) is 69.6 Å². The summed E-state index contributed by atoms with van der Waals surface area (Å²) in [5, 5.41) is 13.8. The number of anilines is 1. The van der Waals surface area contributed by atoms with E-state index in [9.17, 15) is 9.59 Å². The number of thiophene rings is 1. The van der Waals surface area contributed by atoms with Crippen LogP contribution in [0.4, 0.5) is 9.80 Å². The second-order valence-corrected chi connectivity index (χ2v) is 5.65. The zero-order valence-electron chi connectivity index (χ0n) is 10.9. The van der Waals surface area contributed by atoms with Crippen LogP contribution in [0.3, 0.4) is 0 Å². The van der Waals surface area contributed by atoms with E-state index in [0.29, 0.717) is 10.9 Å². The number of nitrogens with zero attached hydrogens (tertiary/aromatic N) is 1. The average Bonchev–Trinajstić information content (AvgIpc) is 2.87. The van der Waals surface area contributed by atoms with E-state index < -0.39 is 5.97 Å². The molecular weight excluding hydrogens is 264 g/mol. The molecule has 1 aliphatic heterocycles. The number of carboxylic acid groups (broad SMARTS) is 1. The van der Waals surface area contributed by atoms with Crippen molar-refractivity contribution >= 4 is 28.3 Å². The smallest absolute Gasteiger partial charge is 0.338 e. The van der Waals surface area contributed by atoms with Gasteiger partial charge in [-0.05, 0) is 30.2 Å². The fourth-order valence-corrected chi connectivity index (χ4v) is 3.06. The average molecular weight is 282 g/mol. The lowest BCUT2D eigenvalue weighted by Gasteiger charge is -2.31. The van der Waals surface area contributed by atoms with Crippen LogP contribution in [0.15, 0.2) is 11.4 Å². The van der Waals surface area contributed by atoms with Crippen molar-refractivity contribution in [3.8, 4) is 0 Å². The minimum atomic E-state index is -1.01. The highest BCUT2D eigenvalue weighted by Gasteiger charge is 2.23. The lowest BCUT2D eigenvalue weighted by molar-refractivity contribution is 0.0698. The lowest BCUT2D eigenvalue weighted by atomic mass is 9.95. The van der Waals surface area contributed by atoms with E-state index in [1.807, 2.05) is 0 Å². The van der Waals surface area contributed by atoms with Crippen LogP contribution in [-0.2, 0) is 0 Å². The molecule has 2 rings (SSSR count). The molecule has 5 nitrogen and oxygen atoms in total. The Balaban J connectivity index is 1.94. The molecule has 2 amide bonds. The predicted molar refractivity (Wildman–Crippen MR) is 74.9 cm³/mol. The van der Waals surface area contributed by atoms with E-state index in [1.54, 1.807) is 10.3 Å². The molecule has 2 N–H and O–H groups in total. The van der Waals surface area contributed by atoms with Crippen LogP contribution in [0.5, 0.6) is 0 Å². The third kappa shape index (κ3) is 3.26. The van der Waals surface area contributed by atoms with Crippen molar-refractivity contribution < 1.29 is 14.7 Å². The van der Waals surface area contributed by atoms with Gasteiger partial charge in [-0.25, -0.2) is 9.59 Å². The molecule has 0 atom stereocenters. The Labute approximate surface area is 116 Å². The number of hydrogen-bond acceptors (Lipinski definition) is 3. The molecule has 6 heteroatoms. The molecule has 0 bridgehead atoms. The summed E-state index contributed by atoms with van der Waals surface area (Å²) in [6, 6.07) is 1.31. The summed E-state index contributed by atoms with van der Waals surface area (Å²) in [6.45, 7) is 3.67. The Kier molecular flexibility index (Phi) is 4.42. The number of amides is 2. The fourth-order valence-electron chi connectivity index (χ4n) is 2.29. The van der Waals surface area contributed by atoms with Crippen LogP contribution in [0.2, 0.25) is 0 Å². The van der Waals surface area contributed by atoms with Crippen LogP contribution >= 0.6 is 11.3 Å². The minimum Gasteiger partial charge on any atom is -0.478 e. The van der Waals surface area contributed by atoms with Gasteiger partial charge >= 0.3 is 12.0 Å². The van der Waals surface area contributed by atoms with Crippen molar-refractivity contribution in [3.63, 3.8) is 0 Å². The first-order chi connectivity index (χ1) is 9.11. The largest absolute Gasteiger partial charge is 0.478 e. The quantitative estimate of drug-likeness (QED) is 0.895. The van der Waals surface area contributed by atoms with Gasteiger partial charge in [0.25, 0.3) is 0 Å². The number of carbonyl (C=O) groups excluding carboxylic acids is 1. The molecule has 1 aliphatic rings. The second-order valence-electron chi connectivity index (χ2n) is 4.74. The van der Waals surface area contributed by atoms with E-state index >= 15 is 0 Å². The first-order valence-electron chi connectivity index (χ1n) is 6.48. The van der Waals surface area contributed by atoms with E-state index in [-0.39, 0.29) is 11.6 Å². The van der Waals surface area contributed by atoms with Gasteiger partial charge < -0.3 is 10.0 Å². The third-order valence-electron chi connectivity index (χ3n) is 3.60. The van der Waals surface area contributed by atoms with E-state index in [0.717, 1.165) is 32.4 Å². The summed E-state index contributed by atoms with van der Waals surface area (Å²) in [5.74, 6) is -0.304. The third-order valence-corrected chi connectivity index (χ3v) is 4.43. The van der Waals surface area contributed by atoms with Gasteiger partial charge in [0.1, 0.15) is 5.00 Å². The Bertz CT molecular complexity index is 464. The highest BCUT2D eigenvalue weighted by molar-refractivity contribution is 7.14. The van der Waals surface area contributed by atoms with Crippen molar-refractivity contribution in [2.75, 3.05) is 18.4 Å². The van der Waals surface area contributed by atoms with Gasteiger partial charge in [-0.15, -0.1) is 11.3 Å². The zero-order chi connectivity index (χ0) is 13.8. The molecule has 19 heavy (non-hydrogen) atoms. The molecule has 0 saturated carbocycles. The van der Waals surface area contributed by atoms with Crippen molar-refractivity contribution in [1.82, 2.24) is 4.90 Å². The van der Waals surface area contributed by atoms with Crippen LogP contribution in [0, 0.1) is 5.92 Å². The maximum Gasteiger partial charge on any atom is 0.338 e. The van der Waals surface area contributed by atoms with Crippen LogP contribution < -0.4 is 5.32 Å². The van der Waals surface area contributed by atoms with Crippen molar-refractivity contribution in [2.45, 2.75) is 26.2 Å². The van der Waals surface area contributed by atoms with Gasteiger partial charge in [-0.1, -0.05) is 13.3 Å². The molecule has 1 fully saturated rings. The summed E-state index contributed by atoms with van der Waals surface area (Å²) in [7, 11) is 0. The molecule has 2 heterocycles. The monoisotopic (exact) mass is 282 g/mol. The number of rotatable bonds is 3. The molecule has 1 aromatic heterocycles. The number of hydrogen-bond donors (Lipinski definition) is 2. The molecule has 0 aromatic carbocycles. The molecule has 0 unspecified atom stereocenters. The van der Waals surface area contributed by atoms with Crippen LogP contribution in [0.1, 0.15) is 36.5 Å². The van der Waals surface area contributed by atoms with Gasteiger partial charge in [-0.3, -0.25) is 5.32 Å². The Morgan fingerprint density at radius 3 is 2.74 bits per heavy atom. The number of carbonyl (C=O) groups is 2. The van der Waals surface area contributed by atoms with Gasteiger partial charge in [0, 0.05) is 13.1 Å². The molecule has 0 radical (unpaired) electrons. The number of nitrogens with one attached hydrogen (secondary N) is 1. The zero-order valence-corrected chi connectivity index (χ0v) is 11.7. The molecule has 1 aromatic rings. The Morgan fingerprint density at radius 2 is 2.16 bits per heavy atom. The van der Waals surface area contributed by atoms with E-state index in [2.05, 4.69) is 12.2 Å². The predicted octanol–water partition coefficient (Wildman–Crippen LogP) is 3.10. The molecule has 0 aliphatic carbocycles. The Hall–Kier alpha value is -1.56. The summed E-state index contributed by atoms with van der Waals surface area (Å²) in [5.41, 5.74) is 0.154.